The summed E-state index contributed by atoms with van der Waals surface area (Å²) >= 11 is 0. The lowest BCUT2D eigenvalue weighted by Crippen LogP contribution is -2.12. The van der Waals surface area contributed by atoms with Gasteiger partial charge in [0.1, 0.15) is 11.3 Å². The summed E-state index contributed by atoms with van der Waals surface area (Å²) in [5, 5.41) is 22.1. The van der Waals surface area contributed by atoms with Gasteiger partial charge in [-0.05, 0) is 36.6 Å². The number of aromatic nitrogens is 2. The molecule has 7 heteroatoms. The molecule has 2 aromatic carbocycles. The molecule has 0 aliphatic rings. The van der Waals surface area contributed by atoms with Gasteiger partial charge >= 0.3 is 0 Å². The Bertz CT molecular complexity index is 1040. The van der Waals surface area contributed by atoms with E-state index in [1.807, 2.05) is 30.3 Å². The molecule has 0 radical (unpaired) electrons. The monoisotopic (exact) mass is 381 g/mol. The molecule has 0 saturated carbocycles. The molecule has 27 heavy (non-hydrogen) atoms. The van der Waals surface area contributed by atoms with Crippen LogP contribution in [0, 0.1) is 18.3 Å². The fourth-order valence-electron chi connectivity index (χ4n) is 3.08. The van der Waals surface area contributed by atoms with Gasteiger partial charge in [0.05, 0.1) is 22.6 Å². The summed E-state index contributed by atoms with van der Waals surface area (Å²) in [4.78, 5) is 0. The molecule has 3 aromatic rings. The highest BCUT2D eigenvalue weighted by atomic mass is 32.2. The molecule has 0 bridgehead atoms. The highest BCUT2D eigenvalue weighted by Crippen LogP contribution is 2.32. The lowest BCUT2D eigenvalue weighted by Gasteiger charge is -2.15. The van der Waals surface area contributed by atoms with Crippen molar-refractivity contribution in [2.45, 2.75) is 18.6 Å². The van der Waals surface area contributed by atoms with E-state index in [1.165, 1.54) is 4.68 Å². The van der Waals surface area contributed by atoms with E-state index in [2.05, 4.69) is 11.2 Å². The topological polar surface area (TPSA) is 96.0 Å². The van der Waals surface area contributed by atoms with Gasteiger partial charge in [-0.15, -0.1) is 0 Å². The van der Waals surface area contributed by atoms with Gasteiger partial charge < -0.3 is 5.11 Å². The normalized spacial score (nSPS) is 12.1. The van der Waals surface area contributed by atoms with Gasteiger partial charge in [-0.2, -0.15) is 10.4 Å². The summed E-state index contributed by atoms with van der Waals surface area (Å²) in [5.41, 5.74) is 3.25. The van der Waals surface area contributed by atoms with E-state index in [1.54, 1.807) is 31.2 Å². The van der Waals surface area contributed by atoms with Crippen molar-refractivity contribution >= 4 is 10.7 Å². The molecule has 0 aliphatic carbocycles. The van der Waals surface area contributed by atoms with Crippen molar-refractivity contribution in [3.8, 4) is 11.8 Å². The van der Waals surface area contributed by atoms with Crippen molar-refractivity contribution in [1.82, 2.24) is 9.78 Å². The lowest BCUT2D eigenvalue weighted by atomic mass is 10.0. The van der Waals surface area contributed by atoms with Crippen LogP contribution in [0.15, 0.2) is 54.6 Å². The van der Waals surface area contributed by atoms with Crippen LogP contribution in [0.5, 0.6) is 0 Å². The summed E-state index contributed by atoms with van der Waals surface area (Å²) < 4.78 is 26.0. The largest absolute Gasteiger partial charge is 0.396 e. The number of hydrogen-bond donors (Lipinski definition) is 2. The smallest absolute Gasteiger partial charge is 0.152 e. The third-order valence-electron chi connectivity index (χ3n) is 4.37. The second-order valence-corrected chi connectivity index (χ2v) is 7.19. The minimum atomic E-state index is -2.91. The Morgan fingerprint density at radius 3 is 2.37 bits per heavy atom. The Morgan fingerprint density at radius 1 is 1.15 bits per heavy atom. The number of nitrogens with zero attached hydrogens (tertiary/aromatic N) is 3. The summed E-state index contributed by atoms with van der Waals surface area (Å²) in [5.74, 6) is 0. The van der Waals surface area contributed by atoms with E-state index in [0.717, 1.165) is 5.56 Å². The third kappa shape index (κ3) is 3.77. The quantitative estimate of drug-likeness (QED) is 0.639. The minimum Gasteiger partial charge on any atom is -0.396 e. The van der Waals surface area contributed by atoms with Gasteiger partial charge in [-0.1, -0.05) is 42.5 Å². The molecular weight excluding hydrogens is 362 g/mol. The summed E-state index contributed by atoms with van der Waals surface area (Å²) in [6, 6.07) is 18.3. The Balaban J connectivity index is 2.20. The molecule has 6 nitrogen and oxygen atoms in total. The first-order valence-electron chi connectivity index (χ1n) is 8.45. The summed E-state index contributed by atoms with van der Waals surface area (Å²) in [6.07, 6.45) is 0.499. The fourth-order valence-corrected chi connectivity index (χ4v) is 3.93. The molecule has 0 saturated heterocycles. The first kappa shape index (κ1) is 18.8. The van der Waals surface area contributed by atoms with Crippen molar-refractivity contribution in [3.05, 3.63) is 82.7 Å². The van der Waals surface area contributed by atoms with Crippen molar-refractivity contribution in [2.24, 2.45) is 0 Å². The van der Waals surface area contributed by atoms with Gasteiger partial charge in [0, 0.05) is 6.61 Å². The maximum absolute atomic E-state index is 12.2. The first-order chi connectivity index (χ1) is 13.1. The predicted octanol–water partition coefficient (Wildman–Crippen LogP) is 2.29. The molecule has 1 atom stereocenters. The molecule has 1 N–H and O–H groups in total. The van der Waals surface area contributed by atoms with E-state index in [0.29, 0.717) is 29.1 Å². The average Bonchev–Trinajstić information content (AvgIpc) is 3.00. The number of aryl methyl sites for hydroxylation is 1. The molecule has 138 valence electrons. The van der Waals surface area contributed by atoms with Gasteiger partial charge in [0.15, 0.2) is 10.7 Å². The zero-order chi connectivity index (χ0) is 19.4. The standard InChI is InChI=1S/C20H19N3O3S/c1-14-18(13-21)19(23(22-14)17-5-3-2-4-6-17)20(27(25)26)16-9-7-15(8-10-16)11-12-24/h2-10,20,24,27H,11-12H2,1H3. The maximum atomic E-state index is 12.2. The van der Waals surface area contributed by atoms with Crippen LogP contribution in [0.25, 0.3) is 5.69 Å². The van der Waals surface area contributed by atoms with Gasteiger partial charge in [0.2, 0.25) is 0 Å². The second-order valence-electron chi connectivity index (χ2n) is 6.11. The van der Waals surface area contributed by atoms with E-state index >= 15 is 0 Å². The van der Waals surface area contributed by atoms with E-state index in [9.17, 15) is 13.7 Å². The van der Waals surface area contributed by atoms with Crippen molar-refractivity contribution < 1.29 is 13.5 Å². The Morgan fingerprint density at radius 2 is 1.81 bits per heavy atom. The zero-order valence-corrected chi connectivity index (χ0v) is 15.6. The van der Waals surface area contributed by atoms with Gasteiger partial charge in [-0.3, -0.25) is 0 Å². The SMILES string of the molecule is Cc1nn(-c2ccccc2)c(C(c2ccc(CCO)cc2)[SH](=O)=O)c1C#N. The van der Waals surface area contributed by atoms with Crippen LogP contribution in [0.1, 0.15) is 33.3 Å². The summed E-state index contributed by atoms with van der Waals surface area (Å²) in [6.45, 7) is 1.72. The van der Waals surface area contributed by atoms with Crippen LogP contribution >= 0.6 is 0 Å². The molecule has 1 heterocycles. The Kier molecular flexibility index (Phi) is 5.69. The van der Waals surface area contributed by atoms with Crippen molar-refractivity contribution in [3.63, 3.8) is 0 Å². The van der Waals surface area contributed by atoms with E-state index in [4.69, 9.17) is 5.11 Å². The second kappa shape index (κ2) is 8.16. The molecule has 1 unspecified atom stereocenters. The number of aliphatic hydroxyl groups excluding tert-OH is 1. The molecule has 0 spiro atoms. The number of aliphatic hydroxyl groups is 1. The van der Waals surface area contributed by atoms with Crippen molar-refractivity contribution in [1.29, 1.82) is 5.26 Å². The highest BCUT2D eigenvalue weighted by molar-refractivity contribution is 7.73. The number of rotatable bonds is 6. The molecular formula is C20H19N3O3S. The Hall–Kier alpha value is -2.95. The number of nitriles is 1. The lowest BCUT2D eigenvalue weighted by molar-refractivity contribution is 0.299. The summed E-state index contributed by atoms with van der Waals surface area (Å²) in [7, 11) is -2.91. The van der Waals surface area contributed by atoms with Crippen molar-refractivity contribution in [2.75, 3.05) is 6.61 Å². The average molecular weight is 381 g/mol. The highest BCUT2D eigenvalue weighted by Gasteiger charge is 2.28. The number of benzene rings is 2. The Labute approximate surface area is 159 Å². The predicted molar refractivity (Wildman–Crippen MR) is 102 cm³/mol. The molecule has 0 amide bonds. The molecule has 1 aromatic heterocycles. The van der Waals surface area contributed by atoms with Crippen LogP contribution < -0.4 is 0 Å². The van der Waals surface area contributed by atoms with Crippen LogP contribution in [0.2, 0.25) is 0 Å². The van der Waals surface area contributed by atoms with E-state index in [-0.39, 0.29) is 12.2 Å². The van der Waals surface area contributed by atoms with E-state index < -0.39 is 16.0 Å². The zero-order valence-electron chi connectivity index (χ0n) is 14.7. The van der Waals surface area contributed by atoms with Crippen LogP contribution in [0.3, 0.4) is 0 Å². The molecule has 0 aliphatic heterocycles. The maximum Gasteiger partial charge on any atom is 0.152 e. The number of para-hydroxylation sites is 1. The molecule has 3 rings (SSSR count). The fraction of sp³-hybridized carbons (Fsp3) is 0.200. The minimum absolute atomic E-state index is 0.0249. The van der Waals surface area contributed by atoms with Crippen LogP contribution in [-0.4, -0.2) is 29.9 Å². The third-order valence-corrected chi connectivity index (χ3v) is 5.34. The number of hydrogen-bond acceptors (Lipinski definition) is 5. The molecule has 0 fully saturated rings. The van der Waals surface area contributed by atoms with Crippen LogP contribution in [-0.2, 0) is 17.1 Å². The first-order valence-corrected chi connectivity index (χ1v) is 9.69. The van der Waals surface area contributed by atoms with Gasteiger partial charge in [-0.25, -0.2) is 13.1 Å². The van der Waals surface area contributed by atoms with Crippen LogP contribution in [0.4, 0.5) is 0 Å². The number of thiol groups is 1. The van der Waals surface area contributed by atoms with Gasteiger partial charge in [0.25, 0.3) is 0 Å².